The molecule has 26 heavy (non-hydrogen) atoms. The molecular weight excluding hydrogens is 337 g/mol. The fourth-order valence-corrected chi connectivity index (χ4v) is 2.93. The van der Waals surface area contributed by atoms with Gasteiger partial charge in [-0.1, -0.05) is 6.07 Å². The quantitative estimate of drug-likeness (QED) is 0.728. The van der Waals surface area contributed by atoms with Crippen LogP contribution in [0.5, 0.6) is 0 Å². The maximum atomic E-state index is 14.6. The lowest BCUT2D eigenvalue weighted by molar-refractivity contribution is -0.121. The van der Waals surface area contributed by atoms with E-state index < -0.39 is 18.0 Å². The first kappa shape index (κ1) is 20.1. The third-order valence-corrected chi connectivity index (χ3v) is 4.67. The molecule has 0 spiro atoms. The van der Waals surface area contributed by atoms with E-state index in [0.717, 1.165) is 31.7 Å². The first-order valence-electron chi connectivity index (χ1n) is 8.83. The molecule has 0 bridgehead atoms. The number of rotatable bonds is 5. The van der Waals surface area contributed by atoms with Crippen molar-refractivity contribution in [2.45, 2.75) is 25.9 Å². The minimum atomic E-state index is -0.595. The van der Waals surface area contributed by atoms with Gasteiger partial charge in [-0.2, -0.15) is 0 Å². The Kier molecular flexibility index (Phi) is 6.93. The Hall–Kier alpha value is -2.19. The highest BCUT2D eigenvalue weighted by Crippen LogP contribution is 2.24. The molecule has 144 valence electrons. The lowest BCUT2D eigenvalue weighted by Crippen LogP contribution is -2.47. The van der Waals surface area contributed by atoms with Gasteiger partial charge in [0, 0.05) is 39.3 Å². The van der Waals surface area contributed by atoms with Gasteiger partial charge in [0.25, 0.3) is 0 Å². The van der Waals surface area contributed by atoms with Crippen LogP contribution in [0.25, 0.3) is 0 Å². The average Bonchev–Trinajstić information content (AvgIpc) is 2.62. The second-order valence-corrected chi connectivity index (χ2v) is 6.68. The predicted molar refractivity (Wildman–Crippen MR) is 99.7 cm³/mol. The summed E-state index contributed by atoms with van der Waals surface area (Å²) in [6.45, 7) is 6.94. The maximum Gasteiger partial charge on any atom is 0.321 e. The number of anilines is 1. The van der Waals surface area contributed by atoms with Crippen LogP contribution in [-0.2, 0) is 4.79 Å². The van der Waals surface area contributed by atoms with Crippen molar-refractivity contribution in [2.75, 3.05) is 45.2 Å². The van der Waals surface area contributed by atoms with Gasteiger partial charge in [0.15, 0.2) is 0 Å². The van der Waals surface area contributed by atoms with Gasteiger partial charge in [0.1, 0.15) is 5.82 Å². The summed E-state index contributed by atoms with van der Waals surface area (Å²) in [7, 11) is 3.50. The molecule has 0 aromatic heterocycles. The number of imide groups is 1. The largest absolute Gasteiger partial charge is 0.367 e. The van der Waals surface area contributed by atoms with E-state index in [-0.39, 0.29) is 11.9 Å². The summed E-state index contributed by atoms with van der Waals surface area (Å²) in [5, 5.41) is 7.62. The number of nitrogens with zero attached hydrogens (tertiary/aromatic N) is 2. The number of urea groups is 1. The normalized spacial score (nSPS) is 17.5. The monoisotopic (exact) mass is 365 g/mol. The molecule has 1 aliphatic rings. The average molecular weight is 365 g/mol. The van der Waals surface area contributed by atoms with E-state index >= 15 is 0 Å². The van der Waals surface area contributed by atoms with Crippen LogP contribution in [0.2, 0.25) is 0 Å². The molecule has 0 radical (unpaired) electrons. The SMILES string of the molecule is CNC(=O)NC(=O)C(C)NC(C)c1ccc(N2CCN(C)CC2)c(F)c1. The van der Waals surface area contributed by atoms with Crippen molar-refractivity contribution in [1.82, 2.24) is 20.9 Å². The smallest absolute Gasteiger partial charge is 0.321 e. The topological polar surface area (TPSA) is 76.7 Å². The molecule has 1 aromatic carbocycles. The number of likely N-dealkylation sites (N-methyl/N-ethyl adjacent to an activating group) is 1. The molecule has 1 heterocycles. The van der Waals surface area contributed by atoms with Gasteiger partial charge in [-0.15, -0.1) is 0 Å². The van der Waals surface area contributed by atoms with Gasteiger partial charge in [-0.25, -0.2) is 9.18 Å². The number of piperazine rings is 1. The molecule has 1 aliphatic heterocycles. The molecule has 1 aromatic rings. The molecule has 7 nitrogen and oxygen atoms in total. The molecule has 1 saturated heterocycles. The van der Waals surface area contributed by atoms with Crippen LogP contribution >= 0.6 is 0 Å². The van der Waals surface area contributed by atoms with Crippen molar-refractivity contribution in [3.05, 3.63) is 29.6 Å². The zero-order valence-electron chi connectivity index (χ0n) is 15.8. The highest BCUT2D eigenvalue weighted by Gasteiger charge is 2.21. The standard InChI is InChI=1S/C18H28FN5O2/c1-12(21-13(2)17(25)22-18(26)20-3)14-5-6-16(15(19)11-14)24-9-7-23(4)8-10-24/h5-6,11-13,21H,7-10H2,1-4H3,(H2,20,22,25,26). The molecule has 0 aliphatic carbocycles. The molecular formula is C18H28FN5O2. The molecule has 3 N–H and O–H groups in total. The molecule has 2 unspecified atom stereocenters. The Labute approximate surface area is 153 Å². The Morgan fingerprint density at radius 3 is 2.38 bits per heavy atom. The molecule has 2 rings (SSSR count). The number of halogens is 1. The van der Waals surface area contributed by atoms with E-state index in [1.165, 1.54) is 13.1 Å². The number of benzene rings is 1. The number of carbonyl (C=O) groups excluding carboxylic acids is 2. The summed E-state index contributed by atoms with van der Waals surface area (Å²) in [4.78, 5) is 27.4. The van der Waals surface area contributed by atoms with E-state index in [2.05, 4.69) is 32.8 Å². The number of carbonyl (C=O) groups is 2. The van der Waals surface area contributed by atoms with E-state index in [1.54, 1.807) is 13.0 Å². The summed E-state index contributed by atoms with van der Waals surface area (Å²) in [5.41, 5.74) is 1.36. The van der Waals surface area contributed by atoms with Gasteiger partial charge in [0.2, 0.25) is 5.91 Å². The second kappa shape index (κ2) is 8.95. The van der Waals surface area contributed by atoms with Gasteiger partial charge in [-0.3, -0.25) is 15.4 Å². The Morgan fingerprint density at radius 1 is 1.15 bits per heavy atom. The van der Waals surface area contributed by atoms with Crippen molar-refractivity contribution >= 4 is 17.6 Å². The van der Waals surface area contributed by atoms with Gasteiger partial charge >= 0.3 is 6.03 Å². The van der Waals surface area contributed by atoms with Crippen LogP contribution in [0.4, 0.5) is 14.9 Å². The molecule has 3 amide bonds. The van der Waals surface area contributed by atoms with Crippen LogP contribution in [0.1, 0.15) is 25.5 Å². The van der Waals surface area contributed by atoms with Crippen LogP contribution in [0, 0.1) is 5.82 Å². The van der Waals surface area contributed by atoms with Crippen molar-refractivity contribution in [1.29, 1.82) is 0 Å². The summed E-state index contributed by atoms with van der Waals surface area (Å²) in [6.07, 6.45) is 0. The Balaban J connectivity index is 1.99. The van der Waals surface area contributed by atoms with Crippen LogP contribution in [0.15, 0.2) is 18.2 Å². The van der Waals surface area contributed by atoms with Crippen LogP contribution in [-0.4, -0.2) is 63.2 Å². The van der Waals surface area contributed by atoms with Crippen molar-refractivity contribution in [3.8, 4) is 0 Å². The first-order valence-corrected chi connectivity index (χ1v) is 8.83. The zero-order chi connectivity index (χ0) is 19.3. The van der Waals surface area contributed by atoms with Crippen molar-refractivity contribution < 1.29 is 14.0 Å². The maximum absolute atomic E-state index is 14.6. The van der Waals surface area contributed by atoms with E-state index in [9.17, 15) is 14.0 Å². The number of amides is 3. The van der Waals surface area contributed by atoms with Crippen LogP contribution in [0.3, 0.4) is 0 Å². The fourth-order valence-electron chi connectivity index (χ4n) is 2.93. The summed E-state index contributed by atoms with van der Waals surface area (Å²) >= 11 is 0. The predicted octanol–water partition coefficient (Wildman–Crippen LogP) is 1.07. The van der Waals surface area contributed by atoms with Gasteiger partial charge < -0.3 is 15.1 Å². The van der Waals surface area contributed by atoms with Crippen molar-refractivity contribution in [2.24, 2.45) is 0 Å². The molecule has 0 saturated carbocycles. The summed E-state index contributed by atoms with van der Waals surface area (Å²) in [6, 6.07) is 3.79. The van der Waals surface area contributed by atoms with Gasteiger partial charge in [0.05, 0.1) is 11.7 Å². The van der Waals surface area contributed by atoms with E-state index in [4.69, 9.17) is 0 Å². The van der Waals surface area contributed by atoms with E-state index in [0.29, 0.717) is 5.69 Å². The van der Waals surface area contributed by atoms with Gasteiger partial charge in [-0.05, 0) is 38.6 Å². The molecule has 8 heteroatoms. The zero-order valence-corrected chi connectivity index (χ0v) is 15.8. The lowest BCUT2D eigenvalue weighted by Gasteiger charge is -2.34. The molecule has 2 atom stereocenters. The van der Waals surface area contributed by atoms with E-state index in [1.807, 2.05) is 13.0 Å². The highest BCUT2D eigenvalue weighted by atomic mass is 19.1. The molecule has 1 fully saturated rings. The minimum absolute atomic E-state index is 0.239. The second-order valence-electron chi connectivity index (χ2n) is 6.68. The number of nitrogens with one attached hydrogen (secondary N) is 3. The number of hydrogen-bond acceptors (Lipinski definition) is 5. The number of hydrogen-bond donors (Lipinski definition) is 3. The first-order chi connectivity index (χ1) is 12.3. The fraction of sp³-hybridized carbons (Fsp3) is 0.556. The Morgan fingerprint density at radius 2 is 1.81 bits per heavy atom. The van der Waals surface area contributed by atoms with Crippen molar-refractivity contribution in [3.63, 3.8) is 0 Å². The highest BCUT2D eigenvalue weighted by molar-refractivity contribution is 5.96. The minimum Gasteiger partial charge on any atom is -0.367 e. The summed E-state index contributed by atoms with van der Waals surface area (Å²) < 4.78 is 14.6. The Bertz CT molecular complexity index is 646. The summed E-state index contributed by atoms with van der Waals surface area (Å²) in [5.74, 6) is -0.700. The van der Waals surface area contributed by atoms with Crippen LogP contribution < -0.4 is 20.9 Å². The third-order valence-electron chi connectivity index (χ3n) is 4.67. The third kappa shape index (κ3) is 5.15. The lowest BCUT2D eigenvalue weighted by atomic mass is 10.1.